The van der Waals surface area contributed by atoms with E-state index in [2.05, 4.69) is 11.4 Å². The van der Waals surface area contributed by atoms with Crippen molar-refractivity contribution >= 4 is 52.1 Å². The average molecular weight is 445 g/mol. The number of hydrogen-bond donors (Lipinski definition) is 2. The first kappa shape index (κ1) is 23.9. The molecule has 0 saturated heterocycles. The highest BCUT2D eigenvalue weighted by Crippen LogP contribution is 2.27. The number of thiocarbonyl (C=S) groups is 1. The van der Waals surface area contributed by atoms with Gasteiger partial charge < -0.3 is 15.3 Å². The monoisotopic (exact) mass is 444 g/mol. The van der Waals surface area contributed by atoms with E-state index in [-0.39, 0.29) is 12.2 Å². The van der Waals surface area contributed by atoms with Gasteiger partial charge in [-0.1, -0.05) is 48.6 Å². The van der Waals surface area contributed by atoms with Gasteiger partial charge in [0.15, 0.2) is 5.78 Å². The molecule has 2 aromatic carbocycles. The topological polar surface area (TPSA) is 69.6 Å². The van der Waals surface area contributed by atoms with Crippen LogP contribution in [0.25, 0.3) is 0 Å². The Balaban J connectivity index is 1.93. The van der Waals surface area contributed by atoms with Crippen LogP contribution in [0, 0.1) is 0 Å². The number of carboxylic acid groups (broad SMARTS) is 1. The van der Waals surface area contributed by atoms with Gasteiger partial charge in [-0.15, -0.1) is 0 Å². The largest absolute Gasteiger partial charge is 0.481 e. The molecule has 0 amide bonds. The number of carbonyl (C=O) groups is 2. The summed E-state index contributed by atoms with van der Waals surface area (Å²) in [7, 11) is 3.96. The second kappa shape index (κ2) is 12.3. The zero-order valence-corrected chi connectivity index (χ0v) is 19.0. The van der Waals surface area contributed by atoms with Crippen molar-refractivity contribution in [3.05, 3.63) is 59.7 Å². The lowest BCUT2D eigenvalue weighted by atomic mass is 10.1. The normalized spacial score (nSPS) is 10.5. The fraction of sp³-hybridized carbons (Fsp3) is 0.348. The number of ketones is 1. The number of thioether (sulfide) groups is 1. The fourth-order valence-electron chi connectivity index (χ4n) is 2.82. The van der Waals surface area contributed by atoms with E-state index in [4.69, 9.17) is 17.3 Å². The summed E-state index contributed by atoms with van der Waals surface area (Å²) in [6, 6.07) is 15.4. The molecule has 0 radical (unpaired) electrons. The van der Waals surface area contributed by atoms with Crippen LogP contribution in [0.4, 0.5) is 11.4 Å². The van der Waals surface area contributed by atoms with Crippen molar-refractivity contribution in [1.29, 1.82) is 0 Å². The summed E-state index contributed by atoms with van der Waals surface area (Å²) in [5.41, 5.74) is 3.80. The van der Waals surface area contributed by atoms with Crippen LogP contribution in [0.2, 0.25) is 0 Å². The van der Waals surface area contributed by atoms with Crippen molar-refractivity contribution in [3.63, 3.8) is 0 Å². The van der Waals surface area contributed by atoms with E-state index in [1.54, 1.807) is 11.8 Å². The molecule has 0 heterocycles. The van der Waals surface area contributed by atoms with Gasteiger partial charge in [-0.05, 0) is 30.5 Å². The Hall–Kier alpha value is -2.38. The van der Waals surface area contributed by atoms with E-state index < -0.39 is 5.97 Å². The summed E-state index contributed by atoms with van der Waals surface area (Å²) in [5.74, 6) is 0.618. The van der Waals surface area contributed by atoms with Crippen LogP contribution in [0.15, 0.2) is 48.5 Å². The zero-order valence-electron chi connectivity index (χ0n) is 17.4. The van der Waals surface area contributed by atoms with Gasteiger partial charge in [0.2, 0.25) is 0 Å². The summed E-state index contributed by atoms with van der Waals surface area (Å²) in [6.07, 6.45) is 1.93. The van der Waals surface area contributed by atoms with E-state index in [9.17, 15) is 9.59 Å². The number of nitrogens with zero attached hydrogens (tertiary/aromatic N) is 1. The Morgan fingerprint density at radius 3 is 2.47 bits per heavy atom. The lowest BCUT2D eigenvalue weighted by molar-refractivity contribution is -0.136. The summed E-state index contributed by atoms with van der Waals surface area (Å²) >= 11 is 7.11. The molecule has 0 aliphatic heterocycles. The first-order chi connectivity index (χ1) is 14.4. The SMILES string of the molecule is CN(C)c1ccc(CSCCC(=O)O)c(NC(=S)CCCC(=O)c2ccccc2)c1. The Labute approximate surface area is 187 Å². The van der Waals surface area contributed by atoms with Crippen LogP contribution < -0.4 is 10.2 Å². The van der Waals surface area contributed by atoms with Crippen LogP contribution in [-0.2, 0) is 10.5 Å². The smallest absolute Gasteiger partial charge is 0.304 e. The number of nitrogens with one attached hydrogen (secondary N) is 1. The Kier molecular flexibility index (Phi) is 9.83. The maximum absolute atomic E-state index is 12.2. The maximum atomic E-state index is 12.2. The highest BCUT2D eigenvalue weighted by atomic mass is 32.2. The molecule has 0 atom stereocenters. The summed E-state index contributed by atoms with van der Waals surface area (Å²) < 4.78 is 0. The molecule has 0 aliphatic rings. The molecule has 0 unspecified atom stereocenters. The van der Waals surface area contributed by atoms with Crippen molar-refractivity contribution in [2.24, 2.45) is 0 Å². The maximum Gasteiger partial charge on any atom is 0.304 e. The molecule has 2 rings (SSSR count). The standard InChI is InChI=1S/C23H28N2O3S2/c1-25(2)19-12-11-18(16-30-14-13-23(27)28)20(15-19)24-22(29)10-6-9-21(26)17-7-4-3-5-8-17/h3-5,7-8,11-12,15H,6,9-10,13-14,16H2,1-2H3,(H,24,29)(H,27,28). The third kappa shape index (κ3) is 8.16. The third-order valence-electron chi connectivity index (χ3n) is 4.51. The molecule has 30 heavy (non-hydrogen) atoms. The third-order valence-corrected chi connectivity index (χ3v) is 5.82. The minimum absolute atomic E-state index is 0.128. The van der Waals surface area contributed by atoms with Gasteiger partial charge in [0, 0.05) is 49.0 Å². The molecule has 2 N–H and O–H groups in total. The van der Waals surface area contributed by atoms with Gasteiger partial charge in [-0.25, -0.2) is 0 Å². The van der Waals surface area contributed by atoms with Gasteiger partial charge in [-0.3, -0.25) is 9.59 Å². The Morgan fingerprint density at radius 1 is 1.07 bits per heavy atom. The molecule has 2 aromatic rings. The number of anilines is 2. The molecular formula is C23H28N2O3S2. The zero-order chi connectivity index (χ0) is 21.9. The Morgan fingerprint density at radius 2 is 1.80 bits per heavy atom. The van der Waals surface area contributed by atoms with Crippen molar-refractivity contribution < 1.29 is 14.7 Å². The summed E-state index contributed by atoms with van der Waals surface area (Å²) in [4.78, 5) is 25.7. The lowest BCUT2D eigenvalue weighted by Gasteiger charge is -2.18. The minimum atomic E-state index is -0.782. The summed E-state index contributed by atoms with van der Waals surface area (Å²) in [6.45, 7) is 0. The summed E-state index contributed by atoms with van der Waals surface area (Å²) in [5, 5.41) is 12.1. The first-order valence-corrected chi connectivity index (χ1v) is 11.4. The fourth-order valence-corrected chi connectivity index (χ4v) is 4.01. The average Bonchev–Trinajstić information content (AvgIpc) is 2.72. The number of Topliss-reactive ketones (excluding diaryl/α,β-unsaturated/α-hetero) is 1. The highest BCUT2D eigenvalue weighted by molar-refractivity contribution is 7.98. The molecule has 5 nitrogen and oxygen atoms in total. The van der Waals surface area contributed by atoms with Gasteiger partial charge in [0.05, 0.1) is 11.4 Å². The van der Waals surface area contributed by atoms with E-state index >= 15 is 0 Å². The van der Waals surface area contributed by atoms with Crippen LogP contribution in [0.1, 0.15) is 41.6 Å². The van der Waals surface area contributed by atoms with Crippen LogP contribution in [-0.4, -0.2) is 41.7 Å². The van der Waals surface area contributed by atoms with Crippen LogP contribution in [0.5, 0.6) is 0 Å². The number of rotatable bonds is 12. The predicted octanol–water partition coefficient (Wildman–Crippen LogP) is 5.25. The molecule has 0 spiro atoms. The molecule has 160 valence electrons. The van der Waals surface area contributed by atoms with E-state index in [0.29, 0.717) is 35.8 Å². The van der Waals surface area contributed by atoms with Crippen LogP contribution >= 0.6 is 24.0 Å². The number of aliphatic carboxylic acids is 1. The highest BCUT2D eigenvalue weighted by Gasteiger charge is 2.10. The quantitative estimate of drug-likeness (QED) is 0.263. The first-order valence-electron chi connectivity index (χ1n) is 9.84. The lowest BCUT2D eigenvalue weighted by Crippen LogP contribution is -2.13. The van der Waals surface area contributed by atoms with Crippen molar-refractivity contribution in [2.45, 2.75) is 31.4 Å². The Bertz CT molecular complexity index is 870. The molecule has 0 aliphatic carbocycles. The van der Waals surface area contributed by atoms with Crippen molar-refractivity contribution in [1.82, 2.24) is 0 Å². The molecule has 7 heteroatoms. The second-order valence-electron chi connectivity index (χ2n) is 7.12. The van der Waals surface area contributed by atoms with Crippen LogP contribution in [0.3, 0.4) is 0 Å². The molecule has 0 aromatic heterocycles. The van der Waals surface area contributed by atoms with Gasteiger partial charge in [0.1, 0.15) is 0 Å². The van der Waals surface area contributed by atoms with E-state index in [0.717, 1.165) is 22.5 Å². The number of carboxylic acids is 1. The number of hydrogen-bond acceptors (Lipinski definition) is 5. The van der Waals surface area contributed by atoms with Gasteiger partial charge in [0.25, 0.3) is 0 Å². The molecular weight excluding hydrogens is 416 g/mol. The van der Waals surface area contributed by atoms with E-state index in [1.165, 1.54) is 0 Å². The number of benzene rings is 2. The molecule has 0 bridgehead atoms. The predicted molar refractivity (Wildman–Crippen MR) is 130 cm³/mol. The minimum Gasteiger partial charge on any atom is -0.481 e. The van der Waals surface area contributed by atoms with Crippen molar-refractivity contribution in [3.8, 4) is 0 Å². The van der Waals surface area contributed by atoms with Gasteiger partial charge in [-0.2, -0.15) is 11.8 Å². The number of carbonyl (C=O) groups excluding carboxylic acids is 1. The van der Waals surface area contributed by atoms with E-state index in [1.807, 2.05) is 61.5 Å². The second-order valence-corrected chi connectivity index (χ2v) is 8.72. The molecule has 0 fully saturated rings. The molecule has 0 saturated carbocycles. The van der Waals surface area contributed by atoms with Crippen molar-refractivity contribution in [2.75, 3.05) is 30.1 Å². The van der Waals surface area contributed by atoms with Gasteiger partial charge >= 0.3 is 5.97 Å².